The Hall–Kier alpha value is -2.37. The molecule has 1 aromatic heterocycles. The van der Waals surface area contributed by atoms with E-state index in [1.807, 2.05) is 0 Å². The maximum absolute atomic E-state index is 12.9. The number of nitrogens with one attached hydrogen (secondary N) is 2. The average Bonchev–Trinajstić information content (AvgIpc) is 2.50. The van der Waals surface area contributed by atoms with Crippen LogP contribution in [0.3, 0.4) is 0 Å². The van der Waals surface area contributed by atoms with Crippen molar-refractivity contribution < 1.29 is 23.1 Å². The van der Waals surface area contributed by atoms with Gasteiger partial charge in [0.1, 0.15) is 11.4 Å². The lowest BCUT2D eigenvalue weighted by Gasteiger charge is -2.12. The summed E-state index contributed by atoms with van der Waals surface area (Å²) in [5.41, 5.74) is 1.16. The van der Waals surface area contributed by atoms with Gasteiger partial charge in [0.15, 0.2) is 0 Å². The second kappa shape index (κ2) is 8.34. The third kappa shape index (κ3) is 6.50. The topological polar surface area (TPSA) is 93.2 Å². The van der Waals surface area contributed by atoms with E-state index in [0.717, 1.165) is 22.6 Å². The van der Waals surface area contributed by atoms with Gasteiger partial charge in [0.25, 0.3) is 5.91 Å². The van der Waals surface area contributed by atoms with Crippen molar-refractivity contribution in [2.24, 2.45) is 0 Å². The van der Waals surface area contributed by atoms with Gasteiger partial charge in [-0.15, -0.1) is 0 Å². The van der Waals surface area contributed by atoms with E-state index in [2.05, 4.69) is 25.3 Å². The van der Waals surface area contributed by atoms with E-state index >= 15 is 0 Å². The van der Waals surface area contributed by atoms with Crippen LogP contribution in [-0.2, 0) is 11.3 Å². The molecule has 2 rings (SSSR count). The molecule has 0 unspecified atom stereocenters. The minimum Gasteiger partial charge on any atom is -0.425 e. The number of amides is 2. The molecule has 1 heterocycles. The van der Waals surface area contributed by atoms with E-state index < -0.39 is 10.0 Å². The molecule has 0 radical (unpaired) electrons. The molecule has 10 heteroatoms. The molecular weight excluding hydrogens is 461 g/mol. The first-order valence-corrected chi connectivity index (χ1v) is 8.46. The number of hydrogen-bond donors (Lipinski definition) is 2. The highest BCUT2D eigenvalue weighted by Gasteiger charge is 2.26. The molecular formula is C16H15F2IN4O3. The number of benzene rings is 1. The highest BCUT2D eigenvalue weighted by molar-refractivity contribution is 14.1. The van der Waals surface area contributed by atoms with Crippen LogP contribution in [0.2, 0.25) is 0 Å². The minimum atomic E-state index is -3.32. The fourth-order valence-corrected chi connectivity index (χ4v) is 2.28. The molecule has 0 atom stereocenters. The molecule has 0 aliphatic rings. The van der Waals surface area contributed by atoms with Crippen molar-refractivity contribution in [3.63, 3.8) is 0 Å². The van der Waals surface area contributed by atoms with Crippen molar-refractivity contribution >= 4 is 40.4 Å². The Morgan fingerprint density at radius 3 is 2.65 bits per heavy atom. The molecule has 138 valence electrons. The minimum absolute atomic E-state index is 0.0121. The highest BCUT2D eigenvalue weighted by Crippen LogP contribution is 2.27. The second-order valence-electron chi connectivity index (χ2n) is 5.28. The number of anilines is 1. The van der Waals surface area contributed by atoms with Crippen LogP contribution < -0.4 is 15.4 Å². The van der Waals surface area contributed by atoms with Gasteiger partial charge in [-0.3, -0.25) is 14.9 Å². The fraction of sp³-hybridized carbons (Fsp3) is 0.250. The van der Waals surface area contributed by atoms with Gasteiger partial charge in [0.2, 0.25) is 11.9 Å². The SMILES string of the molecule is CC(=O)Nc1nc(C)cc(C(=O)NCc2cccc(OC(F)(F)I)c2)n1. The first kappa shape index (κ1) is 19.9. The average molecular weight is 476 g/mol. The molecule has 2 aromatic rings. The predicted molar refractivity (Wildman–Crippen MR) is 98.3 cm³/mol. The zero-order chi connectivity index (χ0) is 19.3. The number of hydrogen-bond acceptors (Lipinski definition) is 5. The Morgan fingerprint density at radius 1 is 1.27 bits per heavy atom. The summed E-state index contributed by atoms with van der Waals surface area (Å²) in [7, 11) is 0. The lowest BCUT2D eigenvalue weighted by Crippen LogP contribution is -2.25. The third-order valence-corrected chi connectivity index (χ3v) is 3.18. The Balaban J connectivity index is 2.06. The number of halogens is 3. The van der Waals surface area contributed by atoms with E-state index in [-0.39, 0.29) is 29.8 Å². The maximum atomic E-state index is 12.9. The van der Waals surface area contributed by atoms with Crippen LogP contribution in [0.4, 0.5) is 14.7 Å². The summed E-state index contributed by atoms with van der Waals surface area (Å²) in [6, 6.07) is 7.47. The van der Waals surface area contributed by atoms with Crippen molar-refractivity contribution in [3.8, 4) is 5.75 Å². The first-order chi connectivity index (χ1) is 12.1. The Bertz CT molecular complexity index is 827. The van der Waals surface area contributed by atoms with Crippen LogP contribution >= 0.6 is 22.6 Å². The third-order valence-electron chi connectivity index (χ3n) is 2.96. The molecule has 0 aliphatic heterocycles. The van der Waals surface area contributed by atoms with Crippen molar-refractivity contribution in [2.45, 2.75) is 24.5 Å². The summed E-state index contributed by atoms with van der Waals surface area (Å²) < 4.78 is 26.9. The van der Waals surface area contributed by atoms with Gasteiger partial charge in [-0.05, 0) is 30.7 Å². The lowest BCUT2D eigenvalue weighted by atomic mass is 10.2. The molecule has 0 spiro atoms. The van der Waals surface area contributed by atoms with Crippen molar-refractivity contribution in [3.05, 3.63) is 47.3 Å². The van der Waals surface area contributed by atoms with Crippen LogP contribution in [0.1, 0.15) is 28.7 Å². The number of rotatable bonds is 6. The van der Waals surface area contributed by atoms with Crippen LogP contribution in [0.15, 0.2) is 30.3 Å². The summed E-state index contributed by atoms with van der Waals surface area (Å²) in [5.74, 6) is -0.831. The normalized spacial score (nSPS) is 11.0. The van der Waals surface area contributed by atoms with Crippen LogP contribution in [0, 0.1) is 6.92 Å². The van der Waals surface area contributed by atoms with Crippen LogP contribution in [0.25, 0.3) is 0 Å². The van der Waals surface area contributed by atoms with Gasteiger partial charge >= 0.3 is 4.12 Å². The summed E-state index contributed by atoms with van der Waals surface area (Å²) >= 11 is 0.876. The number of alkyl halides is 3. The van der Waals surface area contributed by atoms with Crippen LogP contribution in [0.5, 0.6) is 5.75 Å². The van der Waals surface area contributed by atoms with E-state index in [0.29, 0.717) is 11.3 Å². The van der Waals surface area contributed by atoms with Gasteiger partial charge in [0, 0.05) is 19.2 Å². The van der Waals surface area contributed by atoms with Gasteiger partial charge < -0.3 is 10.1 Å². The van der Waals surface area contributed by atoms with Gasteiger partial charge in [-0.1, -0.05) is 12.1 Å². The summed E-state index contributed by atoms with van der Waals surface area (Å²) in [6.45, 7) is 3.05. The molecule has 2 amide bonds. The zero-order valence-corrected chi connectivity index (χ0v) is 16.0. The number of ether oxygens (including phenoxy) is 1. The van der Waals surface area contributed by atoms with Gasteiger partial charge in [-0.2, -0.15) is 8.78 Å². The largest absolute Gasteiger partial charge is 0.451 e. The Morgan fingerprint density at radius 2 is 2.00 bits per heavy atom. The first-order valence-electron chi connectivity index (χ1n) is 7.38. The maximum Gasteiger partial charge on any atom is 0.451 e. The summed E-state index contributed by atoms with van der Waals surface area (Å²) in [5, 5.41) is 5.04. The zero-order valence-electron chi connectivity index (χ0n) is 13.8. The number of nitrogens with zero attached hydrogens (tertiary/aromatic N) is 2. The molecule has 26 heavy (non-hydrogen) atoms. The fourth-order valence-electron chi connectivity index (χ4n) is 2.02. The molecule has 1 aromatic carbocycles. The standard InChI is InChI=1S/C16H15F2IN4O3/c1-9-6-13(23-15(21-9)22-10(2)24)14(25)20-8-11-4-3-5-12(7-11)26-16(17,18)19/h3-7H,8H2,1-2H3,(H,20,25)(H,21,22,23,24). The highest BCUT2D eigenvalue weighted by atomic mass is 127. The number of carbonyl (C=O) groups excluding carboxylic acids is 2. The lowest BCUT2D eigenvalue weighted by molar-refractivity contribution is -0.114. The van der Waals surface area contributed by atoms with Crippen molar-refractivity contribution in [1.29, 1.82) is 0 Å². The Labute approximate surface area is 161 Å². The van der Waals surface area contributed by atoms with Crippen molar-refractivity contribution in [2.75, 3.05) is 5.32 Å². The van der Waals surface area contributed by atoms with E-state index in [1.165, 1.54) is 25.1 Å². The quantitative estimate of drug-likeness (QED) is 0.494. The molecule has 0 fully saturated rings. The molecule has 0 saturated heterocycles. The number of aromatic nitrogens is 2. The number of carbonyl (C=O) groups is 2. The monoisotopic (exact) mass is 476 g/mol. The molecule has 0 bridgehead atoms. The molecule has 0 aliphatic carbocycles. The van der Waals surface area contributed by atoms with Crippen LogP contribution in [-0.4, -0.2) is 25.9 Å². The Kier molecular flexibility index (Phi) is 6.40. The smallest absolute Gasteiger partial charge is 0.425 e. The molecule has 0 saturated carbocycles. The van der Waals surface area contributed by atoms with E-state index in [1.54, 1.807) is 19.1 Å². The van der Waals surface area contributed by atoms with Gasteiger partial charge in [0.05, 0.1) is 22.6 Å². The van der Waals surface area contributed by atoms with E-state index in [9.17, 15) is 18.4 Å². The molecule has 2 N–H and O–H groups in total. The predicted octanol–water partition coefficient (Wildman–Crippen LogP) is 3.04. The second-order valence-corrected chi connectivity index (χ2v) is 6.53. The van der Waals surface area contributed by atoms with Gasteiger partial charge in [-0.25, -0.2) is 9.97 Å². The number of aryl methyl sites for hydroxylation is 1. The van der Waals surface area contributed by atoms with E-state index in [4.69, 9.17) is 0 Å². The molecule has 7 nitrogen and oxygen atoms in total. The summed E-state index contributed by atoms with van der Waals surface area (Å²) in [4.78, 5) is 31.3. The summed E-state index contributed by atoms with van der Waals surface area (Å²) in [6.07, 6.45) is 0. The van der Waals surface area contributed by atoms with Crippen molar-refractivity contribution in [1.82, 2.24) is 15.3 Å².